The third kappa shape index (κ3) is 5.31. The van der Waals surface area contributed by atoms with Gasteiger partial charge < -0.3 is 15.1 Å². The van der Waals surface area contributed by atoms with Crippen LogP contribution in [0.4, 0.5) is 43.9 Å². The quantitative estimate of drug-likeness (QED) is 0.162. The lowest BCUT2D eigenvalue weighted by atomic mass is 9.83. The molecule has 17 heteroatoms. The summed E-state index contributed by atoms with van der Waals surface area (Å²) in [5.41, 5.74) is 0. The SMILES string of the molecule is O=C(OCC1CCC(CO)CC1)C(F)(SOO[O-])C(F)(F)C(F)(F)C(F)(F)C(F)(F)F. The van der Waals surface area contributed by atoms with Crippen molar-refractivity contribution >= 4 is 18.0 Å². The Morgan fingerprint density at radius 2 is 1.35 bits per heavy atom. The van der Waals surface area contributed by atoms with Crippen LogP contribution < -0.4 is 5.26 Å². The van der Waals surface area contributed by atoms with Gasteiger partial charge in [-0.3, -0.25) is 5.04 Å². The first-order valence-corrected chi connectivity index (χ1v) is 9.05. The Kier molecular flexibility index (Phi) is 8.89. The number of carbonyl (C=O) groups is 1. The number of alkyl halides is 10. The zero-order chi connectivity index (χ0) is 24.3. The van der Waals surface area contributed by atoms with E-state index in [1.54, 1.807) is 0 Å². The molecule has 0 spiro atoms. The first kappa shape index (κ1) is 28.0. The molecule has 6 nitrogen and oxygen atoms in total. The maximum absolute atomic E-state index is 14.6. The van der Waals surface area contributed by atoms with Gasteiger partial charge >= 0.3 is 34.9 Å². The first-order valence-electron chi connectivity index (χ1n) is 8.31. The van der Waals surface area contributed by atoms with Crippen LogP contribution in [0.1, 0.15) is 25.7 Å². The molecule has 31 heavy (non-hydrogen) atoms. The number of ether oxygens (including phenoxy) is 1. The van der Waals surface area contributed by atoms with Crippen molar-refractivity contribution in [3.63, 3.8) is 0 Å². The van der Waals surface area contributed by atoms with Crippen molar-refractivity contribution in [1.29, 1.82) is 0 Å². The van der Waals surface area contributed by atoms with Gasteiger partial charge in [-0.1, -0.05) is 0 Å². The fourth-order valence-corrected chi connectivity index (χ4v) is 3.20. The Labute approximate surface area is 171 Å². The van der Waals surface area contributed by atoms with Gasteiger partial charge in [-0.2, -0.15) is 43.8 Å². The fraction of sp³-hybridized carbons (Fsp3) is 0.929. The van der Waals surface area contributed by atoms with E-state index in [2.05, 4.69) is 14.1 Å². The van der Waals surface area contributed by atoms with Crippen molar-refractivity contribution in [3.05, 3.63) is 0 Å². The molecule has 1 unspecified atom stereocenters. The van der Waals surface area contributed by atoms with Crippen molar-refractivity contribution in [2.24, 2.45) is 11.8 Å². The molecule has 1 atom stereocenters. The molecule has 0 bridgehead atoms. The molecule has 0 radical (unpaired) electrons. The van der Waals surface area contributed by atoms with Gasteiger partial charge in [0.2, 0.25) is 0 Å². The van der Waals surface area contributed by atoms with Gasteiger partial charge in [0.15, 0.2) is 0 Å². The van der Waals surface area contributed by atoms with E-state index in [-0.39, 0.29) is 25.4 Å². The van der Waals surface area contributed by atoms with E-state index in [4.69, 9.17) is 5.11 Å². The van der Waals surface area contributed by atoms with Gasteiger partial charge in [0, 0.05) is 6.61 Å². The van der Waals surface area contributed by atoms with Gasteiger partial charge in [-0.05, 0) is 37.5 Å². The number of carbonyl (C=O) groups excluding carboxylic acids is 1. The molecule has 0 aromatic rings. The van der Waals surface area contributed by atoms with Crippen LogP contribution in [0.2, 0.25) is 0 Å². The highest BCUT2D eigenvalue weighted by molar-refractivity contribution is 7.96. The minimum atomic E-state index is -7.52. The summed E-state index contributed by atoms with van der Waals surface area (Å²) >= 11 is -1.86. The highest BCUT2D eigenvalue weighted by Crippen LogP contribution is 2.59. The van der Waals surface area contributed by atoms with E-state index < -0.39 is 59.5 Å². The largest absolute Gasteiger partial charge is 0.691 e. The van der Waals surface area contributed by atoms with E-state index >= 15 is 0 Å². The van der Waals surface area contributed by atoms with E-state index in [1.165, 1.54) is 0 Å². The number of esters is 1. The minimum absolute atomic E-state index is 0.127. The number of aliphatic hydroxyl groups is 1. The zero-order valence-corrected chi connectivity index (χ0v) is 15.9. The van der Waals surface area contributed by atoms with Gasteiger partial charge in [-0.25, -0.2) is 9.18 Å². The fourth-order valence-electron chi connectivity index (χ4n) is 2.72. The van der Waals surface area contributed by atoms with Crippen LogP contribution in [-0.2, 0) is 18.9 Å². The van der Waals surface area contributed by atoms with Gasteiger partial charge in [-0.15, -0.1) is 0 Å². The average molecular weight is 501 g/mol. The molecule has 1 aliphatic carbocycles. The Bertz CT molecular complexity index is 611. The number of rotatable bonds is 10. The van der Waals surface area contributed by atoms with Crippen LogP contribution >= 0.6 is 12.0 Å². The monoisotopic (exact) mass is 501 g/mol. The second kappa shape index (κ2) is 9.84. The molecule has 0 aliphatic heterocycles. The molecule has 0 amide bonds. The topological polar surface area (TPSA) is 88.1 Å². The normalized spacial score (nSPS) is 23.4. The summed E-state index contributed by atoms with van der Waals surface area (Å²) in [5, 5.41) is 15.4. The molecule has 184 valence electrons. The van der Waals surface area contributed by atoms with E-state index in [9.17, 15) is 54.0 Å². The predicted octanol–water partition coefficient (Wildman–Crippen LogP) is 3.33. The van der Waals surface area contributed by atoms with Gasteiger partial charge in [0.1, 0.15) is 0 Å². The molecule has 0 saturated heterocycles. The van der Waals surface area contributed by atoms with Crippen LogP contribution in [0.25, 0.3) is 0 Å². The Hall–Kier alpha value is -1.04. The average Bonchev–Trinajstić information content (AvgIpc) is 2.69. The lowest BCUT2D eigenvalue weighted by Crippen LogP contribution is -2.68. The molecule has 1 N–H and O–H groups in total. The van der Waals surface area contributed by atoms with Crippen molar-refractivity contribution < 1.29 is 73.2 Å². The molecule has 1 rings (SSSR count). The summed E-state index contributed by atoms with van der Waals surface area (Å²) < 4.78 is 140. The second-order valence-electron chi connectivity index (χ2n) is 6.70. The Morgan fingerprint density at radius 3 is 1.77 bits per heavy atom. The number of aliphatic hydroxyl groups excluding tert-OH is 1. The maximum Gasteiger partial charge on any atom is 0.460 e. The second-order valence-corrected chi connectivity index (χ2v) is 7.57. The van der Waals surface area contributed by atoms with E-state index in [0.717, 1.165) is 0 Å². The third-order valence-electron chi connectivity index (χ3n) is 4.66. The Morgan fingerprint density at radius 1 is 0.871 bits per heavy atom. The lowest BCUT2D eigenvalue weighted by Gasteiger charge is -2.38. The van der Waals surface area contributed by atoms with Gasteiger partial charge in [0.25, 0.3) is 0 Å². The standard InChI is InChI=1S/C14H16F10O6S/c15-10(31-30-29-27,9(26)28-6-8-3-1-7(5-25)2-4-8)11(16,17)12(18,19)13(20,21)14(22,23)24/h7-8,25,27H,1-6H2/p-1. The summed E-state index contributed by atoms with van der Waals surface area (Å²) in [7, 11) is 0. The van der Waals surface area contributed by atoms with Crippen LogP contribution in [0.15, 0.2) is 0 Å². The molecule has 1 saturated carbocycles. The summed E-state index contributed by atoms with van der Waals surface area (Å²) in [6.07, 6.45) is -6.11. The van der Waals surface area contributed by atoms with Crippen molar-refractivity contribution in [3.8, 4) is 0 Å². The number of hydrogen-bond acceptors (Lipinski definition) is 7. The zero-order valence-electron chi connectivity index (χ0n) is 15.1. The lowest BCUT2D eigenvalue weighted by molar-refractivity contribution is -0.777. The summed E-state index contributed by atoms with van der Waals surface area (Å²) in [5.74, 6) is -25.9. The molecule has 0 aromatic heterocycles. The smallest absolute Gasteiger partial charge is 0.460 e. The number of hydrogen-bond donors (Lipinski definition) is 1. The van der Waals surface area contributed by atoms with Gasteiger partial charge in [0.05, 0.1) is 18.6 Å². The van der Waals surface area contributed by atoms with Crippen LogP contribution in [0.3, 0.4) is 0 Å². The third-order valence-corrected chi connectivity index (χ3v) is 5.44. The van der Waals surface area contributed by atoms with Crippen molar-refractivity contribution in [2.45, 2.75) is 54.6 Å². The molecule has 1 aliphatic rings. The Balaban J connectivity index is 3.13. The first-order chi connectivity index (χ1) is 14.0. The summed E-state index contributed by atoms with van der Waals surface area (Å²) in [6.45, 7) is -1.07. The molecular weight excluding hydrogens is 486 g/mol. The van der Waals surface area contributed by atoms with Crippen molar-refractivity contribution in [2.75, 3.05) is 13.2 Å². The van der Waals surface area contributed by atoms with Crippen molar-refractivity contribution in [1.82, 2.24) is 0 Å². The summed E-state index contributed by atoms with van der Waals surface area (Å²) in [4.78, 5) is 11.8. The molecular formula is C14H15F10O6S-. The number of halogens is 10. The van der Waals surface area contributed by atoms with Crippen LogP contribution in [0, 0.1) is 11.8 Å². The van der Waals surface area contributed by atoms with E-state index in [0.29, 0.717) is 12.8 Å². The van der Waals surface area contributed by atoms with Crippen LogP contribution in [-0.4, -0.2) is 53.2 Å². The molecule has 0 heterocycles. The minimum Gasteiger partial charge on any atom is -0.691 e. The maximum atomic E-state index is 14.6. The molecule has 0 aromatic carbocycles. The highest BCUT2D eigenvalue weighted by atomic mass is 32.2. The predicted molar refractivity (Wildman–Crippen MR) is 78.0 cm³/mol. The molecule has 1 fully saturated rings. The van der Waals surface area contributed by atoms with Crippen LogP contribution in [0.5, 0.6) is 0 Å². The van der Waals surface area contributed by atoms with E-state index in [1.807, 2.05) is 0 Å². The summed E-state index contributed by atoms with van der Waals surface area (Å²) in [6, 6.07) is 0. The highest BCUT2D eigenvalue weighted by Gasteiger charge is 2.88.